The quantitative estimate of drug-likeness (QED) is 0.577. The van der Waals surface area contributed by atoms with Crippen molar-refractivity contribution in [1.82, 2.24) is 20.4 Å². The number of nitrogens with one attached hydrogen (secondary N) is 2. The van der Waals surface area contributed by atoms with Gasteiger partial charge in [0.15, 0.2) is 5.96 Å². The van der Waals surface area contributed by atoms with Gasteiger partial charge in [0.2, 0.25) is 0 Å². The van der Waals surface area contributed by atoms with Crippen LogP contribution < -0.4 is 10.6 Å². The molecular formula is C18H37N5. The fourth-order valence-electron chi connectivity index (χ4n) is 3.54. The van der Waals surface area contributed by atoms with Crippen molar-refractivity contribution in [2.45, 2.75) is 52.0 Å². The molecule has 1 saturated carbocycles. The molecule has 2 rings (SSSR count). The monoisotopic (exact) mass is 323 g/mol. The van der Waals surface area contributed by atoms with Crippen molar-refractivity contribution in [3.63, 3.8) is 0 Å². The van der Waals surface area contributed by atoms with Gasteiger partial charge >= 0.3 is 0 Å². The standard InChI is InChI=1S/C18H37N5/c1-4-19-18(21-17-8-6-5-7-9-17)20-14-16(2)15-23-12-10-22(3)11-13-23/h16-17H,4-15H2,1-3H3,(H2,19,20,21). The number of hydrogen-bond acceptors (Lipinski definition) is 3. The summed E-state index contributed by atoms with van der Waals surface area (Å²) in [7, 11) is 2.21. The van der Waals surface area contributed by atoms with Crippen molar-refractivity contribution in [1.29, 1.82) is 0 Å². The summed E-state index contributed by atoms with van der Waals surface area (Å²) in [5.74, 6) is 1.63. The van der Waals surface area contributed by atoms with Crippen LogP contribution >= 0.6 is 0 Å². The van der Waals surface area contributed by atoms with E-state index < -0.39 is 0 Å². The first kappa shape index (κ1) is 18.5. The number of aliphatic imine (C=N–C) groups is 1. The van der Waals surface area contributed by atoms with Crippen LogP contribution in [0.2, 0.25) is 0 Å². The first-order valence-corrected chi connectivity index (χ1v) is 9.63. The van der Waals surface area contributed by atoms with Gasteiger partial charge in [-0.1, -0.05) is 26.2 Å². The van der Waals surface area contributed by atoms with E-state index in [1.54, 1.807) is 0 Å². The minimum Gasteiger partial charge on any atom is -0.357 e. The first-order valence-electron chi connectivity index (χ1n) is 9.63. The topological polar surface area (TPSA) is 42.9 Å². The van der Waals surface area contributed by atoms with E-state index in [9.17, 15) is 0 Å². The van der Waals surface area contributed by atoms with Crippen molar-refractivity contribution < 1.29 is 0 Å². The molecule has 1 aliphatic carbocycles. The summed E-state index contributed by atoms with van der Waals surface area (Å²) in [6, 6.07) is 0.620. The normalized spacial score (nSPS) is 23.7. The van der Waals surface area contributed by atoms with Gasteiger partial charge in [-0.05, 0) is 32.7 Å². The van der Waals surface area contributed by atoms with Gasteiger partial charge < -0.3 is 20.4 Å². The van der Waals surface area contributed by atoms with Gasteiger partial charge in [-0.25, -0.2) is 0 Å². The Morgan fingerprint density at radius 3 is 2.48 bits per heavy atom. The van der Waals surface area contributed by atoms with Crippen molar-refractivity contribution in [2.24, 2.45) is 10.9 Å². The lowest BCUT2D eigenvalue weighted by Gasteiger charge is -2.33. The third-order valence-corrected chi connectivity index (χ3v) is 5.02. The summed E-state index contributed by atoms with van der Waals surface area (Å²) in [5.41, 5.74) is 0. The first-order chi connectivity index (χ1) is 11.2. The molecule has 0 amide bonds. The summed E-state index contributed by atoms with van der Waals surface area (Å²) >= 11 is 0. The average Bonchev–Trinajstić information content (AvgIpc) is 2.56. The van der Waals surface area contributed by atoms with Crippen LogP contribution in [-0.2, 0) is 0 Å². The lowest BCUT2D eigenvalue weighted by atomic mass is 9.96. The molecule has 134 valence electrons. The maximum atomic E-state index is 4.85. The van der Waals surface area contributed by atoms with Gasteiger partial charge in [0, 0.05) is 51.9 Å². The van der Waals surface area contributed by atoms with E-state index in [0.717, 1.165) is 19.0 Å². The molecule has 23 heavy (non-hydrogen) atoms. The van der Waals surface area contributed by atoms with Crippen molar-refractivity contribution in [2.75, 3.05) is 52.9 Å². The van der Waals surface area contributed by atoms with Crippen LogP contribution in [0.25, 0.3) is 0 Å². The second-order valence-electron chi connectivity index (χ2n) is 7.41. The fraction of sp³-hybridized carbons (Fsp3) is 0.944. The summed E-state index contributed by atoms with van der Waals surface area (Å²) in [5, 5.41) is 7.05. The van der Waals surface area contributed by atoms with Crippen molar-refractivity contribution in [3.05, 3.63) is 0 Å². The number of guanidine groups is 1. The molecule has 0 spiro atoms. The summed E-state index contributed by atoms with van der Waals surface area (Å²) in [6.45, 7) is 12.3. The van der Waals surface area contributed by atoms with Gasteiger partial charge in [0.25, 0.3) is 0 Å². The third-order valence-electron chi connectivity index (χ3n) is 5.02. The van der Waals surface area contributed by atoms with E-state index in [0.29, 0.717) is 12.0 Å². The number of hydrogen-bond donors (Lipinski definition) is 2. The Bertz CT molecular complexity index is 343. The van der Waals surface area contributed by atoms with Crippen LogP contribution in [0.4, 0.5) is 0 Å². The molecular weight excluding hydrogens is 286 g/mol. The molecule has 1 heterocycles. The molecule has 2 N–H and O–H groups in total. The molecule has 0 bridgehead atoms. The zero-order chi connectivity index (χ0) is 16.5. The van der Waals surface area contributed by atoms with Crippen molar-refractivity contribution in [3.8, 4) is 0 Å². The van der Waals surface area contributed by atoms with E-state index >= 15 is 0 Å². The largest absolute Gasteiger partial charge is 0.357 e. The molecule has 1 saturated heterocycles. The molecule has 0 aromatic carbocycles. The molecule has 5 nitrogen and oxygen atoms in total. The molecule has 0 aromatic rings. The van der Waals surface area contributed by atoms with Crippen LogP contribution in [0.1, 0.15) is 46.0 Å². The molecule has 1 atom stereocenters. The summed E-state index contributed by atoms with van der Waals surface area (Å²) in [4.78, 5) is 9.84. The SMILES string of the molecule is CCNC(=NCC(C)CN1CCN(C)CC1)NC1CCCCC1. The van der Waals surface area contributed by atoms with Gasteiger partial charge in [0.05, 0.1) is 0 Å². The minimum absolute atomic E-state index is 0.611. The zero-order valence-corrected chi connectivity index (χ0v) is 15.5. The third kappa shape index (κ3) is 7.08. The number of nitrogens with zero attached hydrogens (tertiary/aromatic N) is 3. The minimum atomic E-state index is 0.611. The van der Waals surface area contributed by atoms with Gasteiger partial charge in [0.1, 0.15) is 0 Å². The Morgan fingerprint density at radius 1 is 1.13 bits per heavy atom. The highest BCUT2D eigenvalue weighted by molar-refractivity contribution is 5.80. The highest BCUT2D eigenvalue weighted by atomic mass is 15.2. The van der Waals surface area contributed by atoms with E-state index in [4.69, 9.17) is 4.99 Å². The summed E-state index contributed by atoms with van der Waals surface area (Å²) < 4.78 is 0. The second-order valence-corrected chi connectivity index (χ2v) is 7.41. The molecule has 1 unspecified atom stereocenters. The molecule has 0 aromatic heterocycles. The Balaban J connectivity index is 1.74. The molecule has 2 aliphatic rings. The predicted octanol–water partition coefficient (Wildman–Crippen LogP) is 1.76. The van der Waals surface area contributed by atoms with Crippen LogP contribution in [0.5, 0.6) is 0 Å². The predicted molar refractivity (Wildman–Crippen MR) is 99.1 cm³/mol. The Kier molecular flexibility index (Phi) is 8.17. The van der Waals surface area contributed by atoms with E-state index in [1.165, 1.54) is 64.8 Å². The molecule has 2 fully saturated rings. The van der Waals surface area contributed by atoms with Crippen LogP contribution in [0.3, 0.4) is 0 Å². The van der Waals surface area contributed by atoms with Crippen LogP contribution in [-0.4, -0.2) is 74.7 Å². The lowest BCUT2D eigenvalue weighted by molar-refractivity contribution is 0.140. The number of piperazine rings is 1. The fourth-order valence-corrected chi connectivity index (χ4v) is 3.54. The van der Waals surface area contributed by atoms with Gasteiger partial charge in [-0.2, -0.15) is 0 Å². The number of likely N-dealkylation sites (N-methyl/N-ethyl adjacent to an activating group) is 1. The lowest BCUT2D eigenvalue weighted by Crippen LogP contribution is -2.46. The Hall–Kier alpha value is -0.810. The van der Waals surface area contributed by atoms with E-state index in [1.807, 2.05) is 0 Å². The molecule has 0 radical (unpaired) electrons. The van der Waals surface area contributed by atoms with Gasteiger partial charge in [-0.3, -0.25) is 4.99 Å². The average molecular weight is 324 g/mol. The second kappa shape index (κ2) is 10.1. The van der Waals surface area contributed by atoms with Crippen molar-refractivity contribution >= 4 is 5.96 Å². The van der Waals surface area contributed by atoms with E-state index in [-0.39, 0.29) is 0 Å². The zero-order valence-electron chi connectivity index (χ0n) is 15.5. The maximum absolute atomic E-state index is 4.85. The van der Waals surface area contributed by atoms with Crippen LogP contribution in [0, 0.1) is 5.92 Å². The maximum Gasteiger partial charge on any atom is 0.191 e. The van der Waals surface area contributed by atoms with Gasteiger partial charge in [-0.15, -0.1) is 0 Å². The Morgan fingerprint density at radius 2 is 1.83 bits per heavy atom. The highest BCUT2D eigenvalue weighted by Gasteiger charge is 2.17. The molecule has 5 heteroatoms. The highest BCUT2D eigenvalue weighted by Crippen LogP contribution is 2.17. The smallest absolute Gasteiger partial charge is 0.191 e. The molecule has 1 aliphatic heterocycles. The number of rotatable bonds is 6. The summed E-state index contributed by atoms with van der Waals surface area (Å²) in [6.07, 6.45) is 6.70. The van der Waals surface area contributed by atoms with E-state index in [2.05, 4.69) is 41.3 Å². The Labute approximate surface area is 142 Å². The van der Waals surface area contributed by atoms with Crippen LogP contribution in [0.15, 0.2) is 4.99 Å².